The maximum Gasteiger partial charge on any atom is 0.234 e. The van der Waals surface area contributed by atoms with Crippen molar-refractivity contribution < 1.29 is 9.53 Å². The van der Waals surface area contributed by atoms with Gasteiger partial charge < -0.3 is 20.3 Å². The van der Waals surface area contributed by atoms with E-state index in [4.69, 9.17) is 28.6 Å². The largest absolute Gasteiger partial charge is 0.383 e. The van der Waals surface area contributed by atoms with E-state index in [9.17, 15) is 4.79 Å². The molecule has 0 bridgehead atoms. The summed E-state index contributed by atoms with van der Waals surface area (Å²) < 4.78 is 4.92. The van der Waals surface area contributed by atoms with Crippen molar-refractivity contribution in [3.05, 3.63) is 28.8 Å². The number of piperazine rings is 1. The Morgan fingerprint density at radius 2 is 2.04 bits per heavy atom. The number of carbonyl (C=O) groups is 1. The van der Waals surface area contributed by atoms with Crippen LogP contribution in [-0.4, -0.2) is 73.8 Å². The van der Waals surface area contributed by atoms with Crippen LogP contribution in [0, 0.1) is 6.92 Å². The van der Waals surface area contributed by atoms with Crippen molar-refractivity contribution in [2.75, 3.05) is 58.3 Å². The van der Waals surface area contributed by atoms with Crippen LogP contribution in [-0.2, 0) is 9.53 Å². The number of thiocarbonyl (C=S) groups is 1. The topological polar surface area (TPSA) is 56.8 Å². The van der Waals surface area contributed by atoms with Gasteiger partial charge >= 0.3 is 0 Å². The van der Waals surface area contributed by atoms with Crippen molar-refractivity contribution >= 4 is 40.5 Å². The van der Waals surface area contributed by atoms with Crippen LogP contribution in [0.1, 0.15) is 5.56 Å². The highest BCUT2D eigenvalue weighted by molar-refractivity contribution is 7.80. The van der Waals surface area contributed by atoms with Gasteiger partial charge in [-0.2, -0.15) is 0 Å². The molecule has 0 aromatic heterocycles. The van der Waals surface area contributed by atoms with Crippen LogP contribution in [0.3, 0.4) is 0 Å². The summed E-state index contributed by atoms with van der Waals surface area (Å²) in [7, 11) is 1.62. The van der Waals surface area contributed by atoms with Gasteiger partial charge in [-0.15, -0.1) is 0 Å². The Bertz CT molecular complexity index is 606. The lowest BCUT2D eigenvalue weighted by atomic mass is 10.2. The van der Waals surface area contributed by atoms with E-state index in [1.807, 2.05) is 25.1 Å². The molecule has 2 rings (SSSR count). The fraction of sp³-hybridized carbons (Fsp3) is 0.529. The van der Waals surface area contributed by atoms with Gasteiger partial charge in [0, 0.05) is 50.5 Å². The van der Waals surface area contributed by atoms with Crippen LogP contribution >= 0.6 is 23.8 Å². The number of ether oxygens (including phenoxy) is 1. The average Bonchev–Trinajstić information content (AvgIpc) is 2.59. The van der Waals surface area contributed by atoms with E-state index in [0.717, 1.165) is 42.5 Å². The van der Waals surface area contributed by atoms with E-state index in [2.05, 4.69) is 20.4 Å². The van der Waals surface area contributed by atoms with Crippen LogP contribution in [0.15, 0.2) is 18.2 Å². The molecule has 0 radical (unpaired) electrons. The molecule has 6 nitrogen and oxygen atoms in total. The Hall–Kier alpha value is -1.41. The molecule has 1 heterocycles. The molecule has 1 aliphatic rings. The molecule has 1 aromatic carbocycles. The number of aryl methyl sites for hydroxylation is 1. The maximum atomic E-state index is 11.8. The van der Waals surface area contributed by atoms with Gasteiger partial charge in [0.25, 0.3) is 0 Å². The lowest BCUT2D eigenvalue weighted by Gasteiger charge is -2.35. The summed E-state index contributed by atoms with van der Waals surface area (Å²) >= 11 is 11.6. The predicted octanol–water partition coefficient (Wildman–Crippen LogP) is 1.73. The first-order valence-electron chi connectivity index (χ1n) is 8.29. The van der Waals surface area contributed by atoms with Crippen molar-refractivity contribution in [2.45, 2.75) is 6.92 Å². The minimum atomic E-state index is 0.0282. The number of halogens is 1. The molecule has 25 heavy (non-hydrogen) atoms. The van der Waals surface area contributed by atoms with E-state index >= 15 is 0 Å². The third kappa shape index (κ3) is 6.43. The number of nitrogens with zero attached hydrogens (tertiary/aromatic N) is 2. The molecule has 0 aliphatic carbocycles. The Morgan fingerprint density at radius 3 is 2.68 bits per heavy atom. The summed E-state index contributed by atoms with van der Waals surface area (Å²) in [6.07, 6.45) is 0. The smallest absolute Gasteiger partial charge is 0.234 e. The second-order valence-electron chi connectivity index (χ2n) is 6.00. The molecule has 0 atom stereocenters. The van der Waals surface area contributed by atoms with Crippen molar-refractivity contribution in [3.63, 3.8) is 0 Å². The number of nitrogens with one attached hydrogen (secondary N) is 2. The SMILES string of the molecule is COCCNC(=O)CN1CCN(C(=S)Nc2ccc(C)c(Cl)c2)CC1. The molecular weight excluding hydrogens is 360 g/mol. The Balaban J connectivity index is 1.74. The second kappa shape index (κ2) is 9.91. The van der Waals surface area contributed by atoms with Gasteiger partial charge in [-0.05, 0) is 36.8 Å². The molecule has 1 fully saturated rings. The monoisotopic (exact) mass is 384 g/mol. The lowest BCUT2D eigenvalue weighted by Crippen LogP contribution is -2.52. The fourth-order valence-corrected chi connectivity index (χ4v) is 3.01. The molecule has 0 saturated carbocycles. The number of hydrogen-bond acceptors (Lipinski definition) is 4. The number of carbonyl (C=O) groups excluding carboxylic acids is 1. The Morgan fingerprint density at radius 1 is 1.32 bits per heavy atom. The zero-order chi connectivity index (χ0) is 18.2. The molecule has 138 valence electrons. The summed E-state index contributed by atoms with van der Waals surface area (Å²) in [5.41, 5.74) is 1.93. The van der Waals surface area contributed by atoms with Gasteiger partial charge in [0.2, 0.25) is 5.91 Å². The number of rotatable bonds is 6. The summed E-state index contributed by atoms with van der Waals surface area (Å²) in [6.45, 7) is 6.63. The quantitative estimate of drug-likeness (QED) is 0.575. The number of benzene rings is 1. The first-order chi connectivity index (χ1) is 12.0. The van der Waals surface area contributed by atoms with E-state index in [-0.39, 0.29) is 5.91 Å². The first-order valence-corrected chi connectivity index (χ1v) is 9.08. The van der Waals surface area contributed by atoms with Crippen LogP contribution < -0.4 is 10.6 Å². The molecule has 0 spiro atoms. The highest BCUT2D eigenvalue weighted by atomic mass is 35.5. The highest BCUT2D eigenvalue weighted by Gasteiger charge is 2.20. The predicted molar refractivity (Wildman–Crippen MR) is 105 cm³/mol. The van der Waals surface area contributed by atoms with Crippen molar-refractivity contribution in [1.82, 2.24) is 15.1 Å². The summed E-state index contributed by atoms with van der Waals surface area (Å²) in [5.74, 6) is 0.0282. The summed E-state index contributed by atoms with van der Waals surface area (Å²) in [4.78, 5) is 16.1. The summed E-state index contributed by atoms with van der Waals surface area (Å²) in [6, 6.07) is 5.81. The zero-order valence-electron chi connectivity index (χ0n) is 14.7. The average molecular weight is 385 g/mol. The first kappa shape index (κ1) is 19.9. The van der Waals surface area contributed by atoms with Gasteiger partial charge in [0.15, 0.2) is 5.11 Å². The van der Waals surface area contributed by atoms with E-state index in [1.165, 1.54) is 0 Å². The Labute approximate surface area is 159 Å². The van der Waals surface area contributed by atoms with Crippen molar-refractivity contribution in [2.24, 2.45) is 0 Å². The van der Waals surface area contributed by atoms with Crippen molar-refractivity contribution in [1.29, 1.82) is 0 Å². The maximum absolute atomic E-state index is 11.8. The summed E-state index contributed by atoms with van der Waals surface area (Å²) in [5, 5.41) is 7.47. The Kier molecular flexibility index (Phi) is 7.90. The van der Waals surface area contributed by atoms with E-state index < -0.39 is 0 Å². The molecule has 1 amide bonds. The minimum Gasteiger partial charge on any atom is -0.383 e. The third-order valence-electron chi connectivity index (χ3n) is 4.08. The van der Waals surface area contributed by atoms with Crippen LogP contribution in [0.2, 0.25) is 5.02 Å². The normalized spacial score (nSPS) is 15.1. The molecule has 1 saturated heterocycles. The van der Waals surface area contributed by atoms with Gasteiger partial charge in [0.05, 0.1) is 13.2 Å². The zero-order valence-corrected chi connectivity index (χ0v) is 16.3. The number of amides is 1. The molecular formula is C17H25ClN4O2S. The number of methoxy groups -OCH3 is 1. The van der Waals surface area contributed by atoms with Gasteiger partial charge in [-0.3, -0.25) is 9.69 Å². The molecule has 1 aliphatic heterocycles. The number of hydrogen-bond donors (Lipinski definition) is 2. The molecule has 2 N–H and O–H groups in total. The van der Waals surface area contributed by atoms with Gasteiger partial charge in [-0.25, -0.2) is 0 Å². The standard InChI is InChI=1S/C17H25ClN4O2S/c1-13-3-4-14(11-15(13)18)20-17(25)22-8-6-21(7-9-22)12-16(23)19-5-10-24-2/h3-4,11H,5-10,12H2,1-2H3,(H,19,23)(H,20,25). The molecule has 0 unspecified atom stereocenters. The highest BCUT2D eigenvalue weighted by Crippen LogP contribution is 2.20. The fourth-order valence-electron chi connectivity index (χ4n) is 2.53. The molecule has 8 heteroatoms. The van der Waals surface area contributed by atoms with Crippen LogP contribution in [0.4, 0.5) is 5.69 Å². The van der Waals surface area contributed by atoms with Crippen molar-refractivity contribution in [3.8, 4) is 0 Å². The van der Waals surface area contributed by atoms with Crippen LogP contribution in [0.5, 0.6) is 0 Å². The van der Waals surface area contributed by atoms with Crippen LogP contribution in [0.25, 0.3) is 0 Å². The van der Waals surface area contributed by atoms with Gasteiger partial charge in [0.1, 0.15) is 0 Å². The van der Waals surface area contributed by atoms with E-state index in [0.29, 0.717) is 24.8 Å². The van der Waals surface area contributed by atoms with E-state index in [1.54, 1.807) is 7.11 Å². The second-order valence-corrected chi connectivity index (χ2v) is 6.79. The molecule has 1 aromatic rings. The number of anilines is 1. The lowest BCUT2D eigenvalue weighted by molar-refractivity contribution is -0.122. The minimum absolute atomic E-state index is 0.0282. The van der Waals surface area contributed by atoms with Gasteiger partial charge in [-0.1, -0.05) is 17.7 Å². The third-order valence-corrected chi connectivity index (χ3v) is 4.85.